The Morgan fingerprint density at radius 2 is 2.25 bits per heavy atom. The molecule has 92 valence electrons. The van der Waals surface area contributed by atoms with E-state index in [0.717, 1.165) is 12.7 Å². The summed E-state index contributed by atoms with van der Waals surface area (Å²) in [6.07, 6.45) is 3.67. The van der Waals surface area contributed by atoms with Gasteiger partial charge in [-0.05, 0) is 13.3 Å². The average molecular weight is 246 g/mol. The average Bonchev–Trinajstić information content (AvgIpc) is 2.65. The Bertz CT molecular complexity index is 400. The molecule has 1 N–H and O–H groups in total. The third-order valence-corrected chi connectivity index (χ3v) is 3.85. The molecule has 1 amide bonds. The highest BCUT2D eigenvalue weighted by atomic mass is 32.2. The quantitative estimate of drug-likeness (QED) is 0.765. The zero-order valence-electron chi connectivity index (χ0n) is 9.86. The standard InChI is InChI=1S/C10H18N2O3S/c1-4-8(2)11-10(13)9-5-6-12(7-9)16(3,14)15/h5,8H,4,6-7H2,1-3H3,(H,11,13)/t8-/m1/s1. The molecular formula is C10H18N2O3S. The molecule has 0 aliphatic carbocycles. The van der Waals surface area contributed by atoms with Crippen molar-refractivity contribution in [3.8, 4) is 0 Å². The molecule has 0 saturated carbocycles. The van der Waals surface area contributed by atoms with Crippen LogP contribution in [0.15, 0.2) is 11.6 Å². The summed E-state index contributed by atoms with van der Waals surface area (Å²) in [6, 6.07) is 0.112. The highest BCUT2D eigenvalue weighted by Gasteiger charge is 2.25. The summed E-state index contributed by atoms with van der Waals surface area (Å²) < 4.78 is 23.8. The van der Waals surface area contributed by atoms with Crippen molar-refractivity contribution in [3.63, 3.8) is 0 Å². The molecule has 0 bridgehead atoms. The van der Waals surface area contributed by atoms with Crippen molar-refractivity contribution in [2.75, 3.05) is 19.3 Å². The van der Waals surface area contributed by atoms with E-state index in [1.807, 2.05) is 13.8 Å². The molecule has 1 aliphatic rings. The van der Waals surface area contributed by atoms with Gasteiger partial charge in [0.1, 0.15) is 0 Å². The van der Waals surface area contributed by atoms with Gasteiger partial charge in [-0.25, -0.2) is 8.42 Å². The van der Waals surface area contributed by atoms with Gasteiger partial charge in [-0.15, -0.1) is 0 Å². The molecule has 1 atom stereocenters. The first-order valence-electron chi connectivity index (χ1n) is 5.29. The van der Waals surface area contributed by atoms with Crippen molar-refractivity contribution in [1.29, 1.82) is 0 Å². The number of nitrogens with zero attached hydrogens (tertiary/aromatic N) is 1. The van der Waals surface area contributed by atoms with Crippen LogP contribution in [0.4, 0.5) is 0 Å². The second kappa shape index (κ2) is 4.97. The van der Waals surface area contributed by atoms with Crippen LogP contribution in [0.1, 0.15) is 20.3 Å². The summed E-state index contributed by atoms with van der Waals surface area (Å²) in [4.78, 5) is 11.7. The molecule has 6 heteroatoms. The molecule has 5 nitrogen and oxygen atoms in total. The molecule has 0 fully saturated rings. The maximum absolute atomic E-state index is 11.7. The smallest absolute Gasteiger partial charge is 0.248 e. The number of amides is 1. The van der Waals surface area contributed by atoms with E-state index >= 15 is 0 Å². The van der Waals surface area contributed by atoms with E-state index < -0.39 is 10.0 Å². The molecule has 0 spiro atoms. The minimum Gasteiger partial charge on any atom is -0.350 e. The molecule has 1 heterocycles. The third-order valence-electron chi connectivity index (χ3n) is 2.64. The number of carbonyl (C=O) groups is 1. The van der Waals surface area contributed by atoms with Crippen LogP contribution in [-0.4, -0.2) is 44.0 Å². The first-order chi connectivity index (χ1) is 7.34. The number of carbonyl (C=O) groups excluding carboxylic acids is 1. The first kappa shape index (κ1) is 13.2. The van der Waals surface area contributed by atoms with Gasteiger partial charge >= 0.3 is 0 Å². The number of hydrogen-bond donors (Lipinski definition) is 1. The van der Waals surface area contributed by atoms with Crippen LogP contribution in [0.3, 0.4) is 0 Å². The van der Waals surface area contributed by atoms with Crippen molar-refractivity contribution in [2.45, 2.75) is 26.3 Å². The van der Waals surface area contributed by atoms with Crippen LogP contribution in [0.5, 0.6) is 0 Å². The Labute approximate surface area is 96.6 Å². The SMILES string of the molecule is CC[C@@H](C)NC(=O)C1=CCN(S(C)(=O)=O)C1. The Hall–Kier alpha value is -0.880. The summed E-state index contributed by atoms with van der Waals surface area (Å²) in [5, 5.41) is 2.81. The summed E-state index contributed by atoms with van der Waals surface area (Å²) in [5.74, 6) is -0.166. The lowest BCUT2D eigenvalue weighted by molar-refractivity contribution is -0.118. The largest absolute Gasteiger partial charge is 0.350 e. The molecule has 1 rings (SSSR count). The summed E-state index contributed by atoms with van der Waals surface area (Å²) in [5.41, 5.74) is 0.533. The van der Waals surface area contributed by atoms with Crippen LogP contribution in [0.25, 0.3) is 0 Å². The van der Waals surface area contributed by atoms with Gasteiger partial charge in [-0.3, -0.25) is 4.79 Å². The number of nitrogens with one attached hydrogen (secondary N) is 1. The second-order valence-electron chi connectivity index (χ2n) is 4.07. The van der Waals surface area contributed by atoms with Gasteiger partial charge in [-0.1, -0.05) is 13.0 Å². The lowest BCUT2D eigenvalue weighted by atomic mass is 10.2. The van der Waals surface area contributed by atoms with Crippen molar-refractivity contribution in [1.82, 2.24) is 9.62 Å². The van der Waals surface area contributed by atoms with E-state index in [9.17, 15) is 13.2 Å². The minimum atomic E-state index is -3.20. The van der Waals surface area contributed by atoms with Gasteiger partial charge in [0, 0.05) is 24.7 Å². The van der Waals surface area contributed by atoms with Crippen LogP contribution in [0.2, 0.25) is 0 Å². The predicted octanol–water partition coefficient (Wildman–Crippen LogP) is 0.103. The van der Waals surface area contributed by atoms with Gasteiger partial charge in [-0.2, -0.15) is 4.31 Å². The Morgan fingerprint density at radius 1 is 1.62 bits per heavy atom. The maximum Gasteiger partial charge on any atom is 0.248 e. The molecule has 0 aromatic heterocycles. The molecule has 16 heavy (non-hydrogen) atoms. The third kappa shape index (κ3) is 3.31. The fourth-order valence-electron chi connectivity index (χ4n) is 1.37. The minimum absolute atomic E-state index is 0.112. The molecule has 1 aliphatic heterocycles. The summed E-state index contributed by atoms with van der Waals surface area (Å²) >= 11 is 0. The van der Waals surface area contributed by atoms with Crippen LogP contribution in [0, 0.1) is 0 Å². The summed E-state index contributed by atoms with van der Waals surface area (Å²) in [7, 11) is -3.20. The van der Waals surface area contributed by atoms with Crippen molar-refractivity contribution in [3.05, 3.63) is 11.6 Å². The van der Waals surface area contributed by atoms with Gasteiger partial charge in [0.15, 0.2) is 0 Å². The zero-order chi connectivity index (χ0) is 12.3. The second-order valence-corrected chi connectivity index (χ2v) is 6.05. The van der Waals surface area contributed by atoms with E-state index in [1.165, 1.54) is 4.31 Å². The lowest BCUT2D eigenvalue weighted by Crippen LogP contribution is -2.35. The molecule has 0 unspecified atom stereocenters. The lowest BCUT2D eigenvalue weighted by Gasteiger charge is -2.14. The van der Waals surface area contributed by atoms with Gasteiger partial charge in [0.05, 0.1) is 6.26 Å². The highest BCUT2D eigenvalue weighted by Crippen LogP contribution is 2.12. The Balaban J connectivity index is 2.56. The maximum atomic E-state index is 11.7. The monoisotopic (exact) mass is 246 g/mol. The molecule has 0 saturated heterocycles. The fraction of sp³-hybridized carbons (Fsp3) is 0.700. The van der Waals surface area contributed by atoms with Gasteiger partial charge in [0.2, 0.25) is 15.9 Å². The first-order valence-corrected chi connectivity index (χ1v) is 7.14. The topological polar surface area (TPSA) is 66.5 Å². The fourth-order valence-corrected chi connectivity index (χ4v) is 2.09. The number of rotatable bonds is 4. The zero-order valence-corrected chi connectivity index (χ0v) is 10.7. The normalized spacial score (nSPS) is 19.3. The van der Waals surface area contributed by atoms with Crippen molar-refractivity contribution >= 4 is 15.9 Å². The number of sulfonamides is 1. The van der Waals surface area contributed by atoms with Crippen LogP contribution >= 0.6 is 0 Å². The van der Waals surface area contributed by atoms with E-state index in [4.69, 9.17) is 0 Å². The van der Waals surface area contributed by atoms with Crippen molar-refractivity contribution < 1.29 is 13.2 Å². The Morgan fingerprint density at radius 3 is 2.69 bits per heavy atom. The van der Waals surface area contributed by atoms with Gasteiger partial charge < -0.3 is 5.32 Å². The summed E-state index contributed by atoms with van der Waals surface area (Å²) in [6.45, 7) is 4.38. The van der Waals surface area contributed by atoms with E-state index in [-0.39, 0.29) is 18.5 Å². The Kier molecular flexibility index (Phi) is 4.09. The van der Waals surface area contributed by atoms with Crippen LogP contribution < -0.4 is 5.32 Å². The van der Waals surface area contributed by atoms with E-state index in [2.05, 4.69) is 5.32 Å². The van der Waals surface area contributed by atoms with Crippen LogP contribution in [-0.2, 0) is 14.8 Å². The molecular weight excluding hydrogens is 228 g/mol. The molecule has 0 aromatic rings. The highest BCUT2D eigenvalue weighted by molar-refractivity contribution is 7.88. The van der Waals surface area contributed by atoms with E-state index in [0.29, 0.717) is 12.1 Å². The number of hydrogen-bond acceptors (Lipinski definition) is 3. The molecule has 0 aromatic carbocycles. The van der Waals surface area contributed by atoms with Gasteiger partial charge in [0.25, 0.3) is 0 Å². The predicted molar refractivity (Wildman–Crippen MR) is 62.4 cm³/mol. The molecule has 0 radical (unpaired) electrons. The van der Waals surface area contributed by atoms with Crippen molar-refractivity contribution in [2.24, 2.45) is 0 Å². The van der Waals surface area contributed by atoms with E-state index in [1.54, 1.807) is 6.08 Å².